The molecule has 11 nitrogen and oxygen atoms in total. The minimum Gasteiger partial charge on any atom is -0.462 e. The third kappa shape index (κ3) is 4.39. The molecule has 31 heavy (non-hydrogen) atoms. The Labute approximate surface area is 174 Å². The average Bonchev–Trinajstić information content (AvgIpc) is 3.09. The molecular formula is C19H20FN3O8. The van der Waals surface area contributed by atoms with E-state index >= 15 is 0 Å². The van der Waals surface area contributed by atoms with E-state index in [0.717, 1.165) is 4.57 Å². The molecule has 3 atom stereocenters. The summed E-state index contributed by atoms with van der Waals surface area (Å²) in [7, 11) is 0. The number of nitro groups is 1. The molecule has 1 aliphatic rings. The predicted octanol–water partition coefficient (Wildman–Crippen LogP) is 0.753. The third-order valence-electron chi connectivity index (χ3n) is 5.10. The van der Waals surface area contributed by atoms with Crippen LogP contribution in [0.1, 0.15) is 32.1 Å². The van der Waals surface area contributed by atoms with Crippen molar-refractivity contribution >= 4 is 11.7 Å². The van der Waals surface area contributed by atoms with Gasteiger partial charge in [0.05, 0.1) is 22.6 Å². The summed E-state index contributed by atoms with van der Waals surface area (Å²) in [5.74, 6) is -1.98. The molecule has 2 heterocycles. The van der Waals surface area contributed by atoms with Gasteiger partial charge < -0.3 is 14.6 Å². The van der Waals surface area contributed by atoms with Gasteiger partial charge in [-0.05, 0) is 13.8 Å². The summed E-state index contributed by atoms with van der Waals surface area (Å²) in [6.07, 6.45) is -2.70. The van der Waals surface area contributed by atoms with Crippen LogP contribution in [0.25, 0.3) is 0 Å². The number of esters is 1. The lowest BCUT2D eigenvalue weighted by Gasteiger charge is -2.24. The van der Waals surface area contributed by atoms with Crippen molar-refractivity contribution in [2.45, 2.75) is 44.1 Å². The van der Waals surface area contributed by atoms with E-state index < -0.39 is 58.4 Å². The maximum Gasteiger partial charge on any atom is 0.330 e. The van der Waals surface area contributed by atoms with Crippen LogP contribution >= 0.6 is 0 Å². The average molecular weight is 437 g/mol. The van der Waals surface area contributed by atoms with Crippen molar-refractivity contribution in [2.24, 2.45) is 0 Å². The highest BCUT2D eigenvalue weighted by molar-refractivity contribution is 5.83. The predicted molar refractivity (Wildman–Crippen MR) is 103 cm³/mol. The SMILES string of the molecule is CC(C)(C(=O)OC[C@@H]1O[C@H](n2cc(F)c(=O)[nH]c2=O)CC1O)c1ccccc1[N+](=O)[O-]. The van der Waals surface area contributed by atoms with Crippen molar-refractivity contribution in [1.82, 2.24) is 9.55 Å². The van der Waals surface area contributed by atoms with Crippen LogP contribution in [0, 0.1) is 15.9 Å². The molecule has 0 aliphatic carbocycles. The molecule has 1 unspecified atom stereocenters. The zero-order valence-corrected chi connectivity index (χ0v) is 16.6. The van der Waals surface area contributed by atoms with E-state index in [1.54, 1.807) is 11.1 Å². The molecule has 1 aliphatic heterocycles. The second-order valence-electron chi connectivity index (χ2n) is 7.57. The number of rotatable bonds is 6. The number of benzene rings is 1. The minimum absolute atomic E-state index is 0.110. The molecule has 1 fully saturated rings. The number of nitrogens with one attached hydrogen (secondary N) is 1. The van der Waals surface area contributed by atoms with Crippen molar-refractivity contribution in [3.05, 3.63) is 72.8 Å². The first kappa shape index (κ1) is 22.3. The number of hydrogen-bond acceptors (Lipinski definition) is 8. The zero-order valence-electron chi connectivity index (χ0n) is 16.6. The number of ether oxygens (including phenoxy) is 2. The van der Waals surface area contributed by atoms with E-state index in [1.807, 2.05) is 0 Å². The Balaban J connectivity index is 1.71. The standard InChI is InChI=1S/C19H20FN3O8/c1-19(2,10-5-3-4-6-12(10)23(28)29)17(26)30-9-14-13(24)7-15(31-14)22-8-11(20)16(25)21-18(22)27/h3-6,8,13-15,24H,7,9H2,1-2H3,(H,21,25,27)/t13?,14-,15-/m0/s1. The molecular weight excluding hydrogens is 417 g/mol. The van der Waals surface area contributed by atoms with Crippen molar-refractivity contribution in [1.29, 1.82) is 0 Å². The summed E-state index contributed by atoms with van der Waals surface area (Å²) in [4.78, 5) is 48.2. The number of aromatic amines is 1. The first-order chi connectivity index (χ1) is 14.5. The van der Waals surface area contributed by atoms with Crippen LogP contribution in [-0.2, 0) is 19.7 Å². The van der Waals surface area contributed by atoms with Gasteiger partial charge in [-0.25, -0.2) is 4.79 Å². The van der Waals surface area contributed by atoms with E-state index in [1.165, 1.54) is 32.0 Å². The Morgan fingerprint density at radius 2 is 2.10 bits per heavy atom. The van der Waals surface area contributed by atoms with Crippen LogP contribution in [-0.4, -0.2) is 44.4 Å². The summed E-state index contributed by atoms with van der Waals surface area (Å²) in [6.45, 7) is 2.53. The van der Waals surface area contributed by atoms with Crippen LogP contribution < -0.4 is 11.2 Å². The fourth-order valence-electron chi connectivity index (χ4n) is 3.32. The fourth-order valence-corrected chi connectivity index (χ4v) is 3.32. The highest BCUT2D eigenvalue weighted by atomic mass is 19.1. The van der Waals surface area contributed by atoms with Crippen LogP contribution in [0.15, 0.2) is 40.1 Å². The number of aliphatic hydroxyl groups excluding tert-OH is 1. The second kappa shape index (κ2) is 8.40. The second-order valence-corrected chi connectivity index (χ2v) is 7.57. The van der Waals surface area contributed by atoms with Gasteiger partial charge in [-0.15, -0.1) is 0 Å². The molecule has 0 saturated carbocycles. The van der Waals surface area contributed by atoms with Gasteiger partial charge in [0.1, 0.15) is 18.9 Å². The third-order valence-corrected chi connectivity index (χ3v) is 5.10. The molecule has 3 rings (SSSR count). The molecule has 2 aromatic rings. The number of nitrogens with zero attached hydrogens (tertiary/aromatic N) is 2. The maximum atomic E-state index is 13.5. The van der Waals surface area contributed by atoms with E-state index in [9.17, 15) is 34.0 Å². The largest absolute Gasteiger partial charge is 0.462 e. The number of H-pyrrole nitrogens is 1. The number of carbonyl (C=O) groups excluding carboxylic acids is 1. The summed E-state index contributed by atoms with van der Waals surface area (Å²) in [5, 5.41) is 21.5. The number of hydrogen-bond donors (Lipinski definition) is 2. The lowest BCUT2D eigenvalue weighted by molar-refractivity contribution is -0.386. The van der Waals surface area contributed by atoms with Gasteiger partial charge >= 0.3 is 11.7 Å². The molecule has 0 amide bonds. The molecule has 1 aromatic heterocycles. The molecule has 2 N–H and O–H groups in total. The van der Waals surface area contributed by atoms with Crippen LogP contribution in [0.2, 0.25) is 0 Å². The minimum atomic E-state index is -1.37. The topological polar surface area (TPSA) is 154 Å². The first-order valence-electron chi connectivity index (χ1n) is 9.28. The number of nitro benzene ring substituents is 1. The van der Waals surface area contributed by atoms with Gasteiger partial charge in [0.2, 0.25) is 5.82 Å². The highest BCUT2D eigenvalue weighted by Gasteiger charge is 2.40. The lowest BCUT2D eigenvalue weighted by atomic mass is 9.83. The molecule has 0 radical (unpaired) electrons. The van der Waals surface area contributed by atoms with Gasteiger partial charge in [-0.2, -0.15) is 4.39 Å². The number of para-hydroxylation sites is 1. The molecule has 1 saturated heterocycles. The number of halogens is 1. The van der Waals surface area contributed by atoms with E-state index in [2.05, 4.69) is 0 Å². The number of aromatic nitrogens is 2. The van der Waals surface area contributed by atoms with E-state index in [-0.39, 0.29) is 17.7 Å². The molecule has 1 aromatic carbocycles. The Bertz CT molecular complexity index is 1130. The van der Waals surface area contributed by atoms with Crippen molar-refractivity contribution in [3.8, 4) is 0 Å². The Kier molecular flexibility index (Phi) is 6.04. The quantitative estimate of drug-likeness (QED) is 0.381. The summed E-state index contributed by atoms with van der Waals surface area (Å²) in [5.41, 5.74) is -3.54. The van der Waals surface area contributed by atoms with E-state index in [4.69, 9.17) is 9.47 Å². The molecule has 0 spiro atoms. The van der Waals surface area contributed by atoms with Crippen LogP contribution in [0.3, 0.4) is 0 Å². The summed E-state index contributed by atoms with van der Waals surface area (Å²) < 4.78 is 25.0. The normalized spacial score (nSPS) is 21.1. The monoisotopic (exact) mass is 437 g/mol. The van der Waals surface area contributed by atoms with Crippen LogP contribution in [0.4, 0.5) is 10.1 Å². The van der Waals surface area contributed by atoms with Crippen molar-refractivity contribution in [2.75, 3.05) is 6.61 Å². The van der Waals surface area contributed by atoms with Crippen molar-refractivity contribution in [3.63, 3.8) is 0 Å². The maximum absolute atomic E-state index is 13.5. The lowest BCUT2D eigenvalue weighted by Crippen LogP contribution is -2.36. The Hall–Kier alpha value is -3.38. The summed E-state index contributed by atoms with van der Waals surface area (Å²) >= 11 is 0. The smallest absolute Gasteiger partial charge is 0.330 e. The first-order valence-corrected chi connectivity index (χ1v) is 9.28. The van der Waals surface area contributed by atoms with Gasteiger partial charge in [-0.3, -0.25) is 29.3 Å². The highest BCUT2D eigenvalue weighted by Crippen LogP contribution is 2.33. The zero-order chi connectivity index (χ0) is 22.9. The van der Waals surface area contributed by atoms with Gasteiger partial charge in [0.25, 0.3) is 11.2 Å². The van der Waals surface area contributed by atoms with E-state index in [0.29, 0.717) is 6.20 Å². The fraction of sp³-hybridized carbons (Fsp3) is 0.421. The molecule has 0 bridgehead atoms. The Morgan fingerprint density at radius 3 is 2.77 bits per heavy atom. The number of aliphatic hydroxyl groups is 1. The molecule has 166 valence electrons. The van der Waals surface area contributed by atoms with Gasteiger partial charge in [0, 0.05) is 18.1 Å². The summed E-state index contributed by atoms with van der Waals surface area (Å²) in [6, 6.07) is 5.77. The molecule has 12 heteroatoms. The van der Waals surface area contributed by atoms with Gasteiger partial charge in [-0.1, -0.05) is 18.2 Å². The Morgan fingerprint density at radius 1 is 1.42 bits per heavy atom. The van der Waals surface area contributed by atoms with Crippen LogP contribution in [0.5, 0.6) is 0 Å². The number of carbonyl (C=O) groups is 1. The van der Waals surface area contributed by atoms with Crippen molar-refractivity contribution < 1.29 is 28.7 Å². The van der Waals surface area contributed by atoms with Gasteiger partial charge in [0.15, 0.2) is 0 Å².